The van der Waals surface area contributed by atoms with Gasteiger partial charge < -0.3 is 9.47 Å². The van der Waals surface area contributed by atoms with E-state index in [2.05, 4.69) is 30.3 Å². The van der Waals surface area contributed by atoms with Gasteiger partial charge in [0.15, 0.2) is 0 Å². The predicted molar refractivity (Wildman–Crippen MR) is 140 cm³/mol. The Kier molecular flexibility index (Phi) is 6.08. The van der Waals surface area contributed by atoms with Crippen molar-refractivity contribution in [3.63, 3.8) is 0 Å². The molecule has 1 heterocycles. The first-order valence-corrected chi connectivity index (χ1v) is 12.0. The summed E-state index contributed by atoms with van der Waals surface area (Å²) < 4.78 is 12.5. The van der Waals surface area contributed by atoms with Crippen LogP contribution in [0.5, 0.6) is 5.75 Å². The normalized spacial score (nSPS) is 17.8. The molecule has 5 heteroatoms. The Morgan fingerprint density at radius 3 is 2.03 bits per heavy atom. The quantitative estimate of drug-likeness (QED) is 0.271. The summed E-state index contributed by atoms with van der Waals surface area (Å²) in [5.41, 5.74) is 1.46. The zero-order chi connectivity index (χ0) is 24.3. The molecule has 5 aromatic rings. The molecule has 2 atom stereocenters. The molecule has 36 heavy (non-hydrogen) atoms. The smallest absolute Gasteiger partial charge is 0.277 e. The van der Waals surface area contributed by atoms with Gasteiger partial charge in [-0.3, -0.25) is 4.79 Å². The monoisotopic (exact) mass is 475 g/mol. The van der Waals surface area contributed by atoms with Crippen LogP contribution in [0.15, 0.2) is 115 Å². The number of hydroxylamine groups is 2. The zero-order valence-corrected chi connectivity index (χ0v) is 19.6. The maximum Gasteiger partial charge on any atom is 0.277 e. The van der Waals surface area contributed by atoms with Crippen LogP contribution in [0.4, 0.5) is 0 Å². The molecule has 0 bridgehead atoms. The van der Waals surface area contributed by atoms with Gasteiger partial charge in [-0.2, -0.15) is 0 Å². The molecule has 0 aromatic heterocycles. The molecule has 0 radical (unpaired) electrons. The number of fused-ring (bicyclic) bond motifs is 2. The van der Waals surface area contributed by atoms with Crippen LogP contribution in [-0.4, -0.2) is 30.2 Å². The minimum Gasteiger partial charge on any atom is -0.491 e. The number of nitrogens with zero attached hydrogens (tertiary/aromatic N) is 1. The van der Waals surface area contributed by atoms with Crippen molar-refractivity contribution in [2.75, 3.05) is 13.2 Å². The first-order chi connectivity index (χ1) is 17.8. The fraction of sp³-hybridized carbons (Fsp3) is 0.129. The van der Waals surface area contributed by atoms with E-state index in [1.165, 1.54) is 5.06 Å². The third-order valence-electron chi connectivity index (χ3n) is 6.38. The van der Waals surface area contributed by atoms with Gasteiger partial charge in [0.2, 0.25) is 6.29 Å². The van der Waals surface area contributed by atoms with Crippen LogP contribution in [0.25, 0.3) is 21.5 Å². The Bertz CT molecular complexity index is 1450. The van der Waals surface area contributed by atoms with E-state index in [4.69, 9.17) is 14.3 Å². The number of ether oxygens (including phenoxy) is 2. The number of hydrogen-bond acceptors (Lipinski definition) is 4. The summed E-state index contributed by atoms with van der Waals surface area (Å²) in [4.78, 5) is 19.7. The number of amides is 1. The Morgan fingerprint density at radius 1 is 0.778 bits per heavy atom. The Balaban J connectivity index is 1.40. The van der Waals surface area contributed by atoms with Gasteiger partial charge in [0.25, 0.3) is 5.91 Å². The first-order valence-electron chi connectivity index (χ1n) is 12.0. The highest BCUT2D eigenvalue weighted by atomic mass is 16.8. The van der Waals surface area contributed by atoms with Crippen molar-refractivity contribution in [2.24, 2.45) is 0 Å². The number of rotatable bonds is 5. The maximum atomic E-state index is 13.4. The van der Waals surface area contributed by atoms with E-state index >= 15 is 0 Å². The Labute approximate surface area is 209 Å². The van der Waals surface area contributed by atoms with Crippen molar-refractivity contribution >= 4 is 27.5 Å². The summed E-state index contributed by atoms with van der Waals surface area (Å²) in [7, 11) is 0. The number of hydrogen-bond donors (Lipinski definition) is 0. The lowest BCUT2D eigenvalue weighted by atomic mass is 9.96. The van der Waals surface area contributed by atoms with E-state index < -0.39 is 12.4 Å². The second-order valence-electron chi connectivity index (χ2n) is 8.78. The number of benzene rings is 5. The Hall–Kier alpha value is -4.19. The topological polar surface area (TPSA) is 48.0 Å². The SMILES string of the molecule is O=C(c1ccccc1)N1C[C@H](COc2ccccc2)O[C@@H](c2c3ccccc3cc3ccccc23)O1. The summed E-state index contributed by atoms with van der Waals surface area (Å²) in [6.45, 7) is 0.533. The summed E-state index contributed by atoms with van der Waals surface area (Å²) in [5, 5.41) is 5.64. The zero-order valence-electron chi connectivity index (χ0n) is 19.6. The third kappa shape index (κ3) is 4.42. The summed E-state index contributed by atoms with van der Waals surface area (Å²) >= 11 is 0. The average molecular weight is 476 g/mol. The van der Waals surface area contributed by atoms with Gasteiger partial charge in [-0.15, -0.1) is 0 Å². The summed E-state index contributed by atoms with van der Waals surface area (Å²) in [5.74, 6) is 0.541. The van der Waals surface area contributed by atoms with Gasteiger partial charge in [-0.25, -0.2) is 9.90 Å². The molecular weight excluding hydrogens is 450 g/mol. The second-order valence-corrected chi connectivity index (χ2v) is 8.78. The number of carbonyl (C=O) groups is 1. The van der Waals surface area contributed by atoms with Crippen LogP contribution in [0.1, 0.15) is 22.2 Å². The van der Waals surface area contributed by atoms with Crippen molar-refractivity contribution in [1.29, 1.82) is 0 Å². The van der Waals surface area contributed by atoms with Crippen molar-refractivity contribution < 1.29 is 19.1 Å². The molecule has 0 spiro atoms. The van der Waals surface area contributed by atoms with Crippen LogP contribution in [0.2, 0.25) is 0 Å². The number of para-hydroxylation sites is 1. The fourth-order valence-corrected chi connectivity index (χ4v) is 4.66. The van der Waals surface area contributed by atoms with Crippen molar-refractivity contribution in [3.8, 4) is 5.75 Å². The lowest BCUT2D eigenvalue weighted by Crippen LogP contribution is -2.47. The van der Waals surface area contributed by atoms with E-state index in [-0.39, 0.29) is 19.1 Å². The molecule has 0 N–H and O–H groups in total. The van der Waals surface area contributed by atoms with E-state index in [0.717, 1.165) is 32.9 Å². The maximum absolute atomic E-state index is 13.4. The van der Waals surface area contributed by atoms with Crippen molar-refractivity contribution in [1.82, 2.24) is 5.06 Å². The highest BCUT2D eigenvalue weighted by Crippen LogP contribution is 2.38. The summed E-state index contributed by atoms with van der Waals surface area (Å²) in [6, 6.07) is 37.3. The minimum atomic E-state index is -0.785. The van der Waals surface area contributed by atoms with Gasteiger partial charge >= 0.3 is 0 Å². The van der Waals surface area contributed by atoms with Crippen molar-refractivity contribution in [2.45, 2.75) is 12.4 Å². The van der Waals surface area contributed by atoms with Crippen LogP contribution >= 0.6 is 0 Å². The molecule has 5 nitrogen and oxygen atoms in total. The van der Waals surface area contributed by atoms with Gasteiger partial charge in [0.05, 0.1) is 6.54 Å². The lowest BCUT2D eigenvalue weighted by Gasteiger charge is -2.38. The minimum absolute atomic E-state index is 0.210. The summed E-state index contributed by atoms with van der Waals surface area (Å²) in [6.07, 6.45) is -1.18. The second kappa shape index (κ2) is 9.82. The standard InChI is InChI=1S/C31H25NO4/c33-30(22-11-3-1-4-12-22)32-20-26(21-34-25-15-5-2-6-16-25)35-31(36-32)29-27-17-9-7-13-23(27)19-24-14-8-10-18-28(24)29/h1-19,26,31H,20-21H2/t26-,31-/m1/s1. The third-order valence-corrected chi connectivity index (χ3v) is 6.38. The lowest BCUT2D eigenvalue weighted by molar-refractivity contribution is -0.324. The van der Waals surface area contributed by atoms with E-state index in [1.54, 1.807) is 12.1 Å². The molecule has 0 aliphatic carbocycles. The molecular formula is C31H25NO4. The molecule has 178 valence electrons. The van der Waals surface area contributed by atoms with Gasteiger partial charge in [-0.05, 0) is 51.9 Å². The van der Waals surface area contributed by atoms with Crippen LogP contribution in [0.3, 0.4) is 0 Å². The predicted octanol–water partition coefficient (Wildman–Crippen LogP) is 6.54. The van der Waals surface area contributed by atoms with Crippen LogP contribution in [0, 0.1) is 0 Å². The van der Waals surface area contributed by atoms with Gasteiger partial charge in [0.1, 0.15) is 18.5 Å². The Morgan fingerprint density at radius 2 is 1.36 bits per heavy atom. The number of carbonyl (C=O) groups excluding carboxylic acids is 1. The molecule has 0 unspecified atom stereocenters. The molecule has 0 saturated carbocycles. The molecule has 1 saturated heterocycles. The van der Waals surface area contributed by atoms with Gasteiger partial charge in [-0.1, -0.05) is 84.9 Å². The van der Waals surface area contributed by atoms with E-state index in [0.29, 0.717) is 5.56 Å². The fourth-order valence-electron chi connectivity index (χ4n) is 4.66. The highest BCUT2D eigenvalue weighted by molar-refractivity contribution is 6.02. The van der Waals surface area contributed by atoms with Crippen molar-refractivity contribution in [3.05, 3.63) is 126 Å². The average Bonchev–Trinajstić information content (AvgIpc) is 2.95. The molecule has 5 aromatic carbocycles. The van der Waals surface area contributed by atoms with E-state index in [9.17, 15) is 4.79 Å². The molecule has 1 fully saturated rings. The van der Waals surface area contributed by atoms with Gasteiger partial charge in [0, 0.05) is 11.1 Å². The molecule has 1 amide bonds. The molecule has 1 aliphatic heterocycles. The van der Waals surface area contributed by atoms with E-state index in [1.807, 2.05) is 72.8 Å². The molecule has 1 aliphatic rings. The van der Waals surface area contributed by atoms with Crippen LogP contribution < -0.4 is 4.74 Å². The molecule has 6 rings (SSSR count). The largest absolute Gasteiger partial charge is 0.491 e. The first kappa shape index (κ1) is 22.3. The highest BCUT2D eigenvalue weighted by Gasteiger charge is 2.35. The van der Waals surface area contributed by atoms with Crippen LogP contribution in [-0.2, 0) is 9.57 Å².